The maximum Gasteiger partial charge on any atom is 0.416 e. The molecule has 1 saturated heterocycles. The van der Waals surface area contributed by atoms with Gasteiger partial charge in [0.15, 0.2) is 0 Å². The highest BCUT2D eigenvalue weighted by molar-refractivity contribution is 5.97. The number of nitrogens with one attached hydrogen (secondary N) is 1. The number of likely N-dealkylation sites (tertiary alicyclic amines) is 1. The molecule has 1 fully saturated rings. The van der Waals surface area contributed by atoms with Crippen molar-refractivity contribution in [3.63, 3.8) is 0 Å². The molecule has 0 aliphatic carbocycles. The Kier molecular flexibility index (Phi) is 8.75. The molecule has 0 radical (unpaired) electrons. The van der Waals surface area contributed by atoms with Gasteiger partial charge in [0.05, 0.1) is 5.56 Å². The van der Waals surface area contributed by atoms with E-state index in [4.69, 9.17) is 5.73 Å². The number of piperidine rings is 1. The van der Waals surface area contributed by atoms with Gasteiger partial charge in [-0.25, -0.2) is 0 Å². The minimum absolute atomic E-state index is 0. The Morgan fingerprint density at radius 3 is 2.46 bits per heavy atom. The van der Waals surface area contributed by atoms with E-state index in [0.29, 0.717) is 19.4 Å². The summed E-state index contributed by atoms with van der Waals surface area (Å²) in [7, 11) is 0. The third-order valence-corrected chi connectivity index (χ3v) is 4.56. The first-order valence-electron chi connectivity index (χ1n) is 9.13. The summed E-state index contributed by atoms with van der Waals surface area (Å²) in [4.78, 5) is 26.6. The van der Waals surface area contributed by atoms with E-state index in [1.165, 1.54) is 6.07 Å². The molecule has 1 aromatic carbocycles. The molecular weight excluding hydrogens is 395 g/mol. The van der Waals surface area contributed by atoms with Crippen molar-refractivity contribution in [2.45, 2.75) is 58.3 Å². The zero-order chi connectivity index (χ0) is 20.2. The summed E-state index contributed by atoms with van der Waals surface area (Å²) in [5.41, 5.74) is 4.93. The van der Waals surface area contributed by atoms with Crippen molar-refractivity contribution in [3.8, 4) is 0 Å². The summed E-state index contributed by atoms with van der Waals surface area (Å²) >= 11 is 0. The summed E-state index contributed by atoms with van der Waals surface area (Å²) in [6, 6.07) is 2.59. The van der Waals surface area contributed by atoms with Gasteiger partial charge in [-0.1, -0.05) is 13.8 Å². The third kappa shape index (κ3) is 6.38. The molecule has 158 valence electrons. The molecule has 0 spiro atoms. The first-order chi connectivity index (χ1) is 12.6. The van der Waals surface area contributed by atoms with Gasteiger partial charge >= 0.3 is 6.18 Å². The van der Waals surface area contributed by atoms with E-state index in [1.54, 1.807) is 4.90 Å². The predicted molar refractivity (Wildman–Crippen MR) is 104 cm³/mol. The number of amides is 2. The SMILES string of the molecule is CC(C)CC(C(=O)Nc1cc(CN)cc(C(F)(F)F)c1)N1CCCCC1=O.Cl. The van der Waals surface area contributed by atoms with E-state index in [1.807, 2.05) is 13.8 Å². The number of carbonyl (C=O) groups is 2. The van der Waals surface area contributed by atoms with E-state index >= 15 is 0 Å². The Morgan fingerprint density at radius 2 is 1.93 bits per heavy atom. The van der Waals surface area contributed by atoms with Crippen molar-refractivity contribution in [2.24, 2.45) is 11.7 Å². The van der Waals surface area contributed by atoms with Gasteiger partial charge < -0.3 is 16.0 Å². The maximum atomic E-state index is 13.1. The second-order valence-electron chi connectivity index (χ2n) is 7.30. The molecule has 0 aromatic heterocycles. The molecule has 28 heavy (non-hydrogen) atoms. The molecule has 0 saturated carbocycles. The Labute approximate surface area is 169 Å². The van der Waals surface area contributed by atoms with Crippen molar-refractivity contribution < 1.29 is 22.8 Å². The number of carbonyl (C=O) groups excluding carboxylic acids is 2. The summed E-state index contributed by atoms with van der Waals surface area (Å²) in [5.74, 6) is -0.411. The van der Waals surface area contributed by atoms with E-state index in [9.17, 15) is 22.8 Å². The molecule has 1 aromatic rings. The minimum Gasteiger partial charge on any atom is -0.331 e. The van der Waals surface area contributed by atoms with Crippen LogP contribution in [0.25, 0.3) is 0 Å². The van der Waals surface area contributed by atoms with Gasteiger partial charge in [0.2, 0.25) is 11.8 Å². The van der Waals surface area contributed by atoms with Gasteiger partial charge in [-0.2, -0.15) is 13.2 Å². The van der Waals surface area contributed by atoms with Crippen molar-refractivity contribution in [1.29, 1.82) is 0 Å². The Balaban J connectivity index is 0.00000392. The molecule has 3 N–H and O–H groups in total. The largest absolute Gasteiger partial charge is 0.416 e. The van der Waals surface area contributed by atoms with Crippen molar-refractivity contribution in [2.75, 3.05) is 11.9 Å². The topological polar surface area (TPSA) is 75.4 Å². The summed E-state index contributed by atoms with van der Waals surface area (Å²) in [5, 5.41) is 2.56. The number of anilines is 1. The zero-order valence-corrected chi connectivity index (χ0v) is 16.8. The van der Waals surface area contributed by atoms with Gasteiger partial charge in [0.25, 0.3) is 0 Å². The Hall–Kier alpha value is -1.80. The number of nitrogens with zero attached hydrogens (tertiary/aromatic N) is 1. The van der Waals surface area contributed by atoms with Crippen LogP contribution in [0.5, 0.6) is 0 Å². The lowest BCUT2D eigenvalue weighted by Gasteiger charge is -2.34. The predicted octanol–water partition coefficient (Wildman–Crippen LogP) is 3.95. The van der Waals surface area contributed by atoms with Crippen LogP contribution in [0.3, 0.4) is 0 Å². The fourth-order valence-electron chi connectivity index (χ4n) is 3.25. The number of hydrogen-bond acceptors (Lipinski definition) is 3. The molecule has 9 heteroatoms. The van der Waals surface area contributed by atoms with Gasteiger partial charge in [-0.05, 0) is 48.9 Å². The molecule has 5 nitrogen and oxygen atoms in total. The number of halogens is 4. The second kappa shape index (κ2) is 10.1. The molecule has 1 atom stereocenters. The number of alkyl halides is 3. The molecule has 2 amide bonds. The summed E-state index contributed by atoms with van der Waals surface area (Å²) in [6.45, 7) is 4.28. The lowest BCUT2D eigenvalue weighted by Crippen LogP contribution is -2.50. The number of benzene rings is 1. The number of rotatable bonds is 6. The fraction of sp³-hybridized carbons (Fsp3) is 0.579. The van der Waals surface area contributed by atoms with Crippen LogP contribution in [0, 0.1) is 5.92 Å². The van der Waals surface area contributed by atoms with Crippen molar-refractivity contribution >= 4 is 29.9 Å². The maximum absolute atomic E-state index is 13.1. The van der Waals surface area contributed by atoms with Gasteiger partial charge in [0, 0.05) is 25.2 Å². The van der Waals surface area contributed by atoms with Crippen molar-refractivity contribution in [3.05, 3.63) is 29.3 Å². The van der Waals surface area contributed by atoms with Crippen LogP contribution < -0.4 is 11.1 Å². The smallest absolute Gasteiger partial charge is 0.331 e. The van der Waals surface area contributed by atoms with Gasteiger partial charge in [-0.3, -0.25) is 9.59 Å². The van der Waals surface area contributed by atoms with Gasteiger partial charge in [0.1, 0.15) is 6.04 Å². The van der Waals surface area contributed by atoms with E-state index in [-0.39, 0.29) is 42.0 Å². The van der Waals surface area contributed by atoms with Gasteiger partial charge in [-0.15, -0.1) is 12.4 Å². The van der Waals surface area contributed by atoms with Crippen LogP contribution in [-0.2, 0) is 22.3 Å². The molecule has 1 heterocycles. The monoisotopic (exact) mass is 421 g/mol. The van der Waals surface area contributed by atoms with Crippen LogP contribution in [0.2, 0.25) is 0 Å². The molecule has 1 aliphatic rings. The highest BCUT2D eigenvalue weighted by Crippen LogP contribution is 2.32. The highest BCUT2D eigenvalue weighted by atomic mass is 35.5. The first kappa shape index (κ1) is 24.2. The molecule has 2 rings (SSSR count). The lowest BCUT2D eigenvalue weighted by molar-refractivity contribution is -0.141. The van der Waals surface area contributed by atoms with Crippen LogP contribution in [0.1, 0.15) is 50.7 Å². The Morgan fingerprint density at radius 1 is 1.25 bits per heavy atom. The minimum atomic E-state index is -4.54. The molecule has 0 bridgehead atoms. The fourth-order valence-corrected chi connectivity index (χ4v) is 3.25. The van der Waals surface area contributed by atoms with Crippen molar-refractivity contribution in [1.82, 2.24) is 4.90 Å². The summed E-state index contributed by atoms with van der Waals surface area (Å²) < 4.78 is 39.3. The van der Waals surface area contributed by atoms with E-state index in [2.05, 4.69) is 5.32 Å². The quantitative estimate of drug-likeness (QED) is 0.730. The second-order valence-corrected chi connectivity index (χ2v) is 7.30. The number of nitrogens with two attached hydrogens (primary N) is 1. The van der Waals surface area contributed by atoms with E-state index in [0.717, 1.165) is 25.0 Å². The van der Waals surface area contributed by atoms with Crippen LogP contribution in [-0.4, -0.2) is 29.3 Å². The van der Waals surface area contributed by atoms with E-state index < -0.39 is 23.7 Å². The molecule has 1 unspecified atom stereocenters. The third-order valence-electron chi connectivity index (χ3n) is 4.56. The normalized spacial score (nSPS) is 16.0. The van der Waals surface area contributed by atoms with Crippen LogP contribution in [0.15, 0.2) is 18.2 Å². The number of hydrogen-bond donors (Lipinski definition) is 2. The van der Waals surface area contributed by atoms with Crippen LogP contribution in [0.4, 0.5) is 18.9 Å². The average Bonchev–Trinajstić information content (AvgIpc) is 2.59. The highest BCUT2D eigenvalue weighted by Gasteiger charge is 2.33. The molecule has 1 aliphatic heterocycles. The lowest BCUT2D eigenvalue weighted by atomic mass is 9.98. The van der Waals surface area contributed by atoms with Crippen LogP contribution >= 0.6 is 12.4 Å². The molecular formula is C19H27ClF3N3O2. The first-order valence-corrected chi connectivity index (χ1v) is 9.13. The summed E-state index contributed by atoms with van der Waals surface area (Å²) in [6.07, 6.45) is -2.10. The Bertz CT molecular complexity index is 695. The standard InChI is InChI=1S/C19H26F3N3O2.ClH/c1-12(2)7-16(25-6-4-3-5-17(25)26)18(27)24-15-9-13(11-23)8-14(10-15)19(20,21)22;/h8-10,12,16H,3-7,11,23H2,1-2H3,(H,24,27);1H. The average molecular weight is 422 g/mol. The zero-order valence-electron chi connectivity index (χ0n) is 16.0.